The molecule has 0 radical (unpaired) electrons. The number of aryl methyl sites for hydroxylation is 2. The lowest BCUT2D eigenvalue weighted by atomic mass is 10.1. The van der Waals surface area contributed by atoms with E-state index in [2.05, 4.69) is 10.8 Å². The van der Waals surface area contributed by atoms with Crippen molar-refractivity contribution in [3.63, 3.8) is 0 Å². The van der Waals surface area contributed by atoms with Crippen LogP contribution >= 0.6 is 0 Å². The number of hydrogen-bond donors (Lipinski definition) is 2. The van der Waals surface area contributed by atoms with E-state index < -0.39 is 0 Å². The fourth-order valence-corrected chi connectivity index (χ4v) is 2.19. The quantitative estimate of drug-likeness (QED) is 0.465. The van der Waals surface area contributed by atoms with Crippen LogP contribution in [0.25, 0.3) is 12.2 Å². The van der Waals surface area contributed by atoms with Gasteiger partial charge < -0.3 is 5.32 Å². The van der Waals surface area contributed by atoms with Crippen LogP contribution in [-0.4, -0.2) is 13.5 Å². The Morgan fingerprint density at radius 2 is 1.29 bits per heavy atom. The van der Waals surface area contributed by atoms with E-state index in [0.717, 1.165) is 11.1 Å². The van der Waals surface area contributed by atoms with E-state index >= 15 is 0 Å². The standard InChI is InChI=1S/C20H22N2O2/c1-15-4-8-17(9-5-15)12-19(21-14-23)20(22-24-3)13-18-10-6-16(2)7-11-18/h4-14,22H,1-3H3,(H,21,23). The Hall–Kier alpha value is -2.85. The van der Waals surface area contributed by atoms with Crippen molar-refractivity contribution in [2.75, 3.05) is 7.11 Å². The van der Waals surface area contributed by atoms with Crippen LogP contribution < -0.4 is 10.8 Å². The maximum Gasteiger partial charge on any atom is 0.211 e. The Bertz CT molecular complexity index is 729. The average molecular weight is 322 g/mol. The third-order valence-corrected chi connectivity index (χ3v) is 3.49. The summed E-state index contributed by atoms with van der Waals surface area (Å²) >= 11 is 0. The molecule has 24 heavy (non-hydrogen) atoms. The molecule has 1 amide bonds. The molecule has 2 rings (SSSR count). The van der Waals surface area contributed by atoms with E-state index in [-0.39, 0.29) is 0 Å². The number of carbonyl (C=O) groups excluding carboxylic acids is 1. The summed E-state index contributed by atoms with van der Waals surface area (Å²) in [6.07, 6.45) is 4.46. The Morgan fingerprint density at radius 1 is 0.833 bits per heavy atom. The van der Waals surface area contributed by atoms with Gasteiger partial charge in [0.2, 0.25) is 6.41 Å². The molecule has 0 heterocycles. The number of nitrogens with one attached hydrogen (secondary N) is 2. The van der Waals surface area contributed by atoms with Crippen LogP contribution in [0.5, 0.6) is 0 Å². The lowest BCUT2D eigenvalue weighted by Gasteiger charge is -2.13. The molecule has 0 fully saturated rings. The fourth-order valence-electron chi connectivity index (χ4n) is 2.19. The van der Waals surface area contributed by atoms with Crippen molar-refractivity contribution in [3.05, 3.63) is 82.2 Å². The van der Waals surface area contributed by atoms with Gasteiger partial charge >= 0.3 is 0 Å². The van der Waals surface area contributed by atoms with Gasteiger partial charge in [0.05, 0.1) is 18.5 Å². The van der Waals surface area contributed by atoms with Crippen molar-refractivity contribution < 1.29 is 9.63 Å². The molecule has 0 aliphatic carbocycles. The molecule has 4 heteroatoms. The molecule has 2 aromatic carbocycles. The number of hydrogen-bond acceptors (Lipinski definition) is 3. The molecule has 124 valence electrons. The Kier molecular flexibility index (Phi) is 6.34. The van der Waals surface area contributed by atoms with Gasteiger partial charge in [-0.15, -0.1) is 0 Å². The molecular weight excluding hydrogens is 300 g/mol. The highest BCUT2D eigenvalue weighted by Crippen LogP contribution is 2.15. The first-order chi connectivity index (χ1) is 11.6. The average Bonchev–Trinajstić information content (AvgIpc) is 2.58. The summed E-state index contributed by atoms with van der Waals surface area (Å²) in [5.74, 6) is 0. The van der Waals surface area contributed by atoms with Crippen LogP contribution in [0.3, 0.4) is 0 Å². The summed E-state index contributed by atoms with van der Waals surface area (Å²) in [5, 5.41) is 2.73. The van der Waals surface area contributed by atoms with Crippen molar-refractivity contribution in [3.8, 4) is 0 Å². The van der Waals surface area contributed by atoms with Gasteiger partial charge in [0.15, 0.2) is 0 Å². The SMILES string of the molecule is CONC(=Cc1ccc(C)cc1)C(=Cc1ccc(C)cc1)NC=O. The molecule has 0 saturated heterocycles. The van der Waals surface area contributed by atoms with Gasteiger partial charge in [-0.05, 0) is 37.1 Å². The zero-order valence-electron chi connectivity index (χ0n) is 14.2. The Balaban J connectivity index is 2.40. The lowest BCUT2D eigenvalue weighted by Crippen LogP contribution is -2.21. The smallest absolute Gasteiger partial charge is 0.211 e. The number of benzene rings is 2. The van der Waals surface area contributed by atoms with E-state index in [4.69, 9.17) is 4.84 Å². The second-order valence-electron chi connectivity index (χ2n) is 5.51. The summed E-state index contributed by atoms with van der Waals surface area (Å²) in [7, 11) is 1.54. The van der Waals surface area contributed by atoms with E-state index in [1.54, 1.807) is 0 Å². The normalized spacial score (nSPS) is 12.0. The number of carbonyl (C=O) groups is 1. The minimum atomic E-state index is 0.622. The minimum Gasteiger partial charge on any atom is -0.327 e. The Labute approximate surface area is 142 Å². The second kappa shape index (κ2) is 8.70. The van der Waals surface area contributed by atoms with E-state index in [1.165, 1.54) is 18.2 Å². The summed E-state index contributed by atoms with van der Waals surface area (Å²) in [6, 6.07) is 16.1. The topological polar surface area (TPSA) is 50.4 Å². The zero-order valence-corrected chi connectivity index (χ0v) is 14.2. The molecule has 0 spiro atoms. The van der Waals surface area contributed by atoms with Crippen molar-refractivity contribution in [2.24, 2.45) is 0 Å². The van der Waals surface area contributed by atoms with Crippen LogP contribution in [0.2, 0.25) is 0 Å². The van der Waals surface area contributed by atoms with Crippen LogP contribution in [0.4, 0.5) is 0 Å². The van der Waals surface area contributed by atoms with Gasteiger partial charge in [-0.2, -0.15) is 0 Å². The molecule has 0 atom stereocenters. The molecule has 2 aromatic rings. The van der Waals surface area contributed by atoms with Crippen LogP contribution in [-0.2, 0) is 9.63 Å². The first kappa shape index (κ1) is 17.5. The number of hydroxylamine groups is 1. The third kappa shape index (κ3) is 5.11. The predicted molar refractivity (Wildman–Crippen MR) is 97.7 cm³/mol. The first-order valence-corrected chi connectivity index (χ1v) is 7.68. The zero-order chi connectivity index (χ0) is 17.4. The number of rotatable bonds is 7. The van der Waals surface area contributed by atoms with Gasteiger partial charge in [0.25, 0.3) is 0 Å². The van der Waals surface area contributed by atoms with Crippen LogP contribution in [0.15, 0.2) is 59.9 Å². The summed E-state index contributed by atoms with van der Waals surface area (Å²) < 4.78 is 0. The van der Waals surface area contributed by atoms with Gasteiger partial charge in [0.1, 0.15) is 0 Å². The molecule has 0 saturated carbocycles. The summed E-state index contributed by atoms with van der Waals surface area (Å²) in [4.78, 5) is 16.1. The van der Waals surface area contributed by atoms with Crippen molar-refractivity contribution in [1.82, 2.24) is 10.8 Å². The molecule has 0 bridgehead atoms. The molecule has 2 N–H and O–H groups in total. The molecule has 0 unspecified atom stereocenters. The number of amides is 1. The van der Waals surface area contributed by atoms with Gasteiger partial charge in [-0.25, -0.2) is 0 Å². The van der Waals surface area contributed by atoms with Crippen molar-refractivity contribution in [2.45, 2.75) is 13.8 Å². The van der Waals surface area contributed by atoms with Gasteiger partial charge in [0, 0.05) is 0 Å². The second-order valence-corrected chi connectivity index (χ2v) is 5.51. The summed E-state index contributed by atoms with van der Waals surface area (Å²) in [5.41, 5.74) is 8.48. The largest absolute Gasteiger partial charge is 0.327 e. The van der Waals surface area contributed by atoms with Gasteiger partial charge in [-0.3, -0.25) is 15.1 Å². The molecule has 0 aromatic heterocycles. The summed E-state index contributed by atoms with van der Waals surface area (Å²) in [6.45, 7) is 4.08. The minimum absolute atomic E-state index is 0.622. The monoisotopic (exact) mass is 322 g/mol. The van der Waals surface area contributed by atoms with E-state index in [1.807, 2.05) is 74.5 Å². The molecule has 0 aliphatic heterocycles. The third-order valence-electron chi connectivity index (χ3n) is 3.49. The van der Waals surface area contributed by atoms with Crippen molar-refractivity contribution >= 4 is 18.6 Å². The molecule has 0 aliphatic rings. The van der Waals surface area contributed by atoms with Crippen molar-refractivity contribution in [1.29, 1.82) is 0 Å². The van der Waals surface area contributed by atoms with Crippen LogP contribution in [0, 0.1) is 13.8 Å². The maximum atomic E-state index is 11.0. The fraction of sp³-hybridized carbons (Fsp3) is 0.150. The highest BCUT2D eigenvalue weighted by molar-refractivity contribution is 5.69. The highest BCUT2D eigenvalue weighted by atomic mass is 16.6. The molecular formula is C20H22N2O2. The van der Waals surface area contributed by atoms with Gasteiger partial charge in [-0.1, -0.05) is 59.7 Å². The maximum absolute atomic E-state index is 11.0. The lowest BCUT2D eigenvalue weighted by molar-refractivity contribution is -0.108. The predicted octanol–water partition coefficient (Wildman–Crippen LogP) is 3.58. The van der Waals surface area contributed by atoms with E-state index in [0.29, 0.717) is 17.8 Å². The highest BCUT2D eigenvalue weighted by Gasteiger charge is 2.06. The van der Waals surface area contributed by atoms with Crippen LogP contribution in [0.1, 0.15) is 22.3 Å². The first-order valence-electron chi connectivity index (χ1n) is 7.68. The Morgan fingerprint density at radius 3 is 1.71 bits per heavy atom. The molecule has 4 nitrogen and oxygen atoms in total. The van der Waals surface area contributed by atoms with E-state index in [9.17, 15) is 4.79 Å².